The van der Waals surface area contributed by atoms with E-state index < -0.39 is 26.2 Å². The van der Waals surface area contributed by atoms with Crippen LogP contribution in [0.3, 0.4) is 0 Å². The fourth-order valence-corrected chi connectivity index (χ4v) is 4.34. The zero-order chi connectivity index (χ0) is 19.5. The smallest absolute Gasteiger partial charge is 0.194 e. The number of nitrogens with zero attached hydrogens (tertiary/aromatic N) is 2. The van der Waals surface area contributed by atoms with E-state index in [1.165, 1.54) is 12.1 Å². The Kier molecular flexibility index (Phi) is 8.46. The molecule has 1 unspecified atom stereocenters. The van der Waals surface area contributed by atoms with Gasteiger partial charge in [-0.05, 0) is 32.4 Å². The average molecular weight is 515 g/mol. The summed E-state index contributed by atoms with van der Waals surface area (Å²) in [7, 11) is -3.14. The van der Waals surface area contributed by atoms with Crippen LogP contribution in [0.15, 0.2) is 23.2 Å². The van der Waals surface area contributed by atoms with Crippen LogP contribution in [0.5, 0.6) is 0 Å². The molecule has 1 aromatic carbocycles. The molecule has 0 radical (unpaired) electrons. The van der Waals surface area contributed by atoms with Crippen molar-refractivity contribution in [2.75, 3.05) is 31.9 Å². The Morgan fingerprint density at radius 2 is 2.04 bits per heavy atom. The quantitative estimate of drug-likeness (QED) is 0.381. The predicted octanol–water partition coefficient (Wildman–Crippen LogP) is 3.16. The van der Waals surface area contributed by atoms with Crippen LogP contribution in [0, 0.1) is 11.6 Å². The summed E-state index contributed by atoms with van der Waals surface area (Å²) >= 11 is 0. The molecular weight excluding hydrogens is 487 g/mol. The molecule has 1 saturated heterocycles. The van der Waals surface area contributed by atoms with E-state index in [0.717, 1.165) is 6.07 Å². The van der Waals surface area contributed by atoms with E-state index in [1.54, 1.807) is 13.8 Å². The van der Waals surface area contributed by atoms with E-state index in [1.807, 2.05) is 18.7 Å². The van der Waals surface area contributed by atoms with E-state index >= 15 is 0 Å². The first kappa shape index (κ1) is 24.1. The maximum Gasteiger partial charge on any atom is 0.194 e. The van der Waals surface area contributed by atoms with Crippen molar-refractivity contribution in [3.8, 4) is 0 Å². The molecular formula is C18H28F2IN3O2S. The molecule has 1 atom stereocenters. The van der Waals surface area contributed by atoms with Gasteiger partial charge in [0.05, 0.1) is 10.5 Å². The fraction of sp³-hybridized carbons (Fsp3) is 0.611. The minimum absolute atomic E-state index is 0. The van der Waals surface area contributed by atoms with Gasteiger partial charge in [-0.3, -0.25) is 4.99 Å². The number of sulfone groups is 1. The lowest BCUT2D eigenvalue weighted by Gasteiger charge is -2.39. The predicted molar refractivity (Wildman–Crippen MR) is 116 cm³/mol. The maximum atomic E-state index is 13.9. The van der Waals surface area contributed by atoms with Gasteiger partial charge in [-0.15, -0.1) is 24.0 Å². The van der Waals surface area contributed by atoms with E-state index in [4.69, 9.17) is 0 Å². The number of rotatable bonds is 4. The lowest BCUT2D eigenvalue weighted by molar-refractivity contribution is 0.353. The van der Waals surface area contributed by atoms with Crippen molar-refractivity contribution in [1.82, 2.24) is 10.2 Å². The Hall–Kier alpha value is -0.970. The SMILES string of the molecule is CCNC(=NCC(C)c1ccc(F)cc1F)N1CCS(=O)(=O)C(C)(C)C1.I. The molecule has 1 fully saturated rings. The second-order valence-electron chi connectivity index (χ2n) is 7.26. The third-order valence-electron chi connectivity index (χ3n) is 4.69. The van der Waals surface area contributed by atoms with Crippen LogP contribution in [-0.2, 0) is 9.84 Å². The molecule has 0 aromatic heterocycles. The van der Waals surface area contributed by atoms with Gasteiger partial charge in [-0.1, -0.05) is 13.0 Å². The summed E-state index contributed by atoms with van der Waals surface area (Å²) in [6.07, 6.45) is 0. The Labute approximate surface area is 177 Å². The van der Waals surface area contributed by atoms with Crippen LogP contribution in [0.25, 0.3) is 0 Å². The number of halogens is 3. The summed E-state index contributed by atoms with van der Waals surface area (Å²) in [4.78, 5) is 6.50. The molecule has 0 bridgehead atoms. The first-order chi connectivity index (χ1) is 12.1. The molecule has 0 aliphatic carbocycles. The summed E-state index contributed by atoms with van der Waals surface area (Å²) in [6.45, 7) is 8.87. The van der Waals surface area contributed by atoms with Crippen LogP contribution >= 0.6 is 24.0 Å². The van der Waals surface area contributed by atoms with Crippen molar-refractivity contribution in [2.24, 2.45) is 4.99 Å². The van der Waals surface area contributed by atoms with E-state index in [2.05, 4.69) is 10.3 Å². The second kappa shape index (κ2) is 9.49. The molecule has 1 heterocycles. The van der Waals surface area contributed by atoms with Crippen molar-refractivity contribution < 1.29 is 17.2 Å². The van der Waals surface area contributed by atoms with Crippen LogP contribution in [0.2, 0.25) is 0 Å². The normalized spacial score (nSPS) is 19.9. The number of benzene rings is 1. The third-order valence-corrected chi connectivity index (χ3v) is 7.22. The molecule has 0 spiro atoms. The van der Waals surface area contributed by atoms with Gasteiger partial charge >= 0.3 is 0 Å². The zero-order valence-corrected chi connectivity index (χ0v) is 19.3. The highest BCUT2D eigenvalue weighted by Crippen LogP contribution is 2.24. The van der Waals surface area contributed by atoms with Gasteiger partial charge in [0.2, 0.25) is 0 Å². The van der Waals surface area contributed by atoms with Crippen molar-refractivity contribution in [3.63, 3.8) is 0 Å². The zero-order valence-electron chi connectivity index (χ0n) is 16.1. The summed E-state index contributed by atoms with van der Waals surface area (Å²) in [6, 6.07) is 3.55. The molecule has 9 heteroatoms. The first-order valence-corrected chi connectivity index (χ1v) is 10.4. The number of hydrogen-bond donors (Lipinski definition) is 1. The van der Waals surface area contributed by atoms with E-state index in [9.17, 15) is 17.2 Å². The molecule has 1 aromatic rings. The highest BCUT2D eigenvalue weighted by molar-refractivity contribution is 14.0. The summed E-state index contributed by atoms with van der Waals surface area (Å²) in [5.41, 5.74) is 0.410. The first-order valence-electron chi connectivity index (χ1n) is 8.78. The Bertz CT molecular complexity index is 785. The van der Waals surface area contributed by atoms with Gasteiger partial charge in [-0.25, -0.2) is 17.2 Å². The molecule has 1 aliphatic rings. The minimum Gasteiger partial charge on any atom is -0.357 e. The van der Waals surface area contributed by atoms with Gasteiger partial charge in [0.15, 0.2) is 15.8 Å². The molecule has 0 amide bonds. The Morgan fingerprint density at radius 3 is 2.59 bits per heavy atom. The summed E-state index contributed by atoms with van der Waals surface area (Å²) in [5, 5.41) is 3.18. The third kappa shape index (κ3) is 5.75. The summed E-state index contributed by atoms with van der Waals surface area (Å²) < 4.78 is 50.5. The minimum atomic E-state index is -3.14. The van der Waals surface area contributed by atoms with E-state index in [0.29, 0.717) is 37.7 Å². The molecule has 0 saturated carbocycles. The molecule has 27 heavy (non-hydrogen) atoms. The number of guanidine groups is 1. The molecule has 2 rings (SSSR count). The lowest BCUT2D eigenvalue weighted by atomic mass is 10.0. The van der Waals surface area contributed by atoms with Crippen molar-refractivity contribution in [1.29, 1.82) is 0 Å². The van der Waals surface area contributed by atoms with Crippen LogP contribution < -0.4 is 5.32 Å². The highest BCUT2D eigenvalue weighted by Gasteiger charge is 2.41. The Balaban J connectivity index is 0.00000364. The standard InChI is InChI=1S/C18H27F2N3O2S.HI/c1-5-21-17(23-8-9-26(24,25)18(3,4)12-23)22-11-13(2)15-7-6-14(19)10-16(15)20;/h6-7,10,13H,5,8-9,11-12H2,1-4H3,(H,21,22);1H. The van der Waals surface area contributed by atoms with Gasteiger partial charge in [0, 0.05) is 38.2 Å². The van der Waals surface area contributed by atoms with Gasteiger partial charge in [0.25, 0.3) is 0 Å². The molecule has 1 aliphatic heterocycles. The van der Waals surface area contributed by atoms with Crippen molar-refractivity contribution in [2.45, 2.75) is 38.4 Å². The molecule has 1 N–H and O–H groups in total. The fourth-order valence-electron chi connectivity index (χ4n) is 2.97. The number of nitrogens with one attached hydrogen (secondary N) is 1. The summed E-state index contributed by atoms with van der Waals surface area (Å²) in [5.74, 6) is -0.724. The van der Waals surface area contributed by atoms with Gasteiger partial charge < -0.3 is 10.2 Å². The maximum absolute atomic E-state index is 13.9. The Morgan fingerprint density at radius 1 is 1.37 bits per heavy atom. The average Bonchev–Trinajstić information content (AvgIpc) is 2.54. The van der Waals surface area contributed by atoms with Crippen molar-refractivity contribution >= 4 is 39.8 Å². The largest absolute Gasteiger partial charge is 0.357 e. The number of aliphatic imine (C=N–C) groups is 1. The van der Waals surface area contributed by atoms with Crippen molar-refractivity contribution in [3.05, 3.63) is 35.4 Å². The lowest BCUT2D eigenvalue weighted by Crippen LogP contribution is -2.57. The van der Waals surface area contributed by atoms with Crippen LogP contribution in [0.4, 0.5) is 8.78 Å². The molecule has 154 valence electrons. The second-order valence-corrected chi connectivity index (χ2v) is 10.0. The van der Waals surface area contributed by atoms with Gasteiger partial charge in [0.1, 0.15) is 11.6 Å². The number of hydrogen-bond acceptors (Lipinski definition) is 3. The van der Waals surface area contributed by atoms with Crippen LogP contribution in [-0.4, -0.2) is 56.0 Å². The topological polar surface area (TPSA) is 61.8 Å². The van der Waals surface area contributed by atoms with Crippen LogP contribution in [0.1, 0.15) is 39.2 Å². The van der Waals surface area contributed by atoms with E-state index in [-0.39, 0.29) is 35.6 Å². The monoisotopic (exact) mass is 515 g/mol. The van der Waals surface area contributed by atoms with Gasteiger partial charge in [-0.2, -0.15) is 0 Å². The highest BCUT2D eigenvalue weighted by atomic mass is 127. The molecule has 5 nitrogen and oxygen atoms in total.